The minimum Gasteiger partial charge on any atom is -0.383 e. The highest BCUT2D eigenvalue weighted by atomic mass is 16.1. The van der Waals surface area contributed by atoms with Crippen molar-refractivity contribution < 1.29 is 4.79 Å². The number of aromatic nitrogens is 4. The number of likely N-dealkylation sites (tertiary alicyclic amines) is 1. The van der Waals surface area contributed by atoms with Crippen molar-refractivity contribution in [1.29, 1.82) is 0 Å². The highest BCUT2D eigenvalue weighted by molar-refractivity contribution is 5.87. The summed E-state index contributed by atoms with van der Waals surface area (Å²) in [6, 6.07) is 24.8. The Labute approximate surface area is 246 Å². The Morgan fingerprint density at radius 2 is 1.74 bits per heavy atom. The van der Waals surface area contributed by atoms with Crippen LogP contribution in [0.15, 0.2) is 97.8 Å². The molecule has 3 N–H and O–H groups in total. The Hall–Kier alpha value is -4.82. The molecule has 3 aromatic heterocycles. The maximum absolute atomic E-state index is 11.6. The number of carbonyl (C=O) groups excluding carboxylic acids is 1. The van der Waals surface area contributed by atoms with Crippen molar-refractivity contribution in [1.82, 2.24) is 29.7 Å². The molecular formula is C34H37N7O. The largest absolute Gasteiger partial charge is 0.383 e. The molecule has 1 amide bonds. The molecule has 1 saturated heterocycles. The van der Waals surface area contributed by atoms with E-state index in [-0.39, 0.29) is 11.9 Å². The number of nitrogens with two attached hydrogens (primary N) is 1. The second-order valence-corrected chi connectivity index (χ2v) is 10.1. The van der Waals surface area contributed by atoms with Crippen LogP contribution in [0.5, 0.6) is 0 Å². The molecule has 0 aliphatic carbocycles. The summed E-state index contributed by atoms with van der Waals surface area (Å²) in [6.07, 6.45) is 6.78. The number of nitrogens with zero attached hydrogens (tertiary/aromatic N) is 5. The number of nitrogen functional groups attached to an aromatic ring is 1. The molecular weight excluding hydrogens is 522 g/mol. The molecule has 0 radical (unpaired) electrons. The first-order chi connectivity index (χ1) is 20.6. The normalized spacial score (nSPS) is 13.8. The van der Waals surface area contributed by atoms with E-state index in [0.29, 0.717) is 11.6 Å². The third kappa shape index (κ3) is 6.24. The van der Waals surface area contributed by atoms with Crippen LogP contribution < -0.4 is 11.1 Å². The highest BCUT2D eigenvalue weighted by Gasteiger charge is 2.21. The molecule has 1 aliphatic heterocycles. The predicted molar refractivity (Wildman–Crippen MR) is 170 cm³/mol. The van der Waals surface area contributed by atoms with Gasteiger partial charge < -0.3 is 11.1 Å². The summed E-state index contributed by atoms with van der Waals surface area (Å²) in [7, 11) is 0. The topological polar surface area (TPSA) is 102 Å². The number of piperidine rings is 1. The zero-order chi connectivity index (χ0) is 29.5. The minimum absolute atomic E-state index is 0.0979. The molecule has 0 bridgehead atoms. The van der Waals surface area contributed by atoms with Gasteiger partial charge in [-0.05, 0) is 60.4 Å². The fourth-order valence-corrected chi connectivity index (χ4v) is 5.29. The number of rotatable bonds is 7. The molecule has 2 aromatic carbocycles. The van der Waals surface area contributed by atoms with Gasteiger partial charge in [0.25, 0.3) is 0 Å². The molecule has 6 rings (SSSR count). The van der Waals surface area contributed by atoms with Crippen molar-refractivity contribution >= 4 is 22.9 Å². The summed E-state index contributed by atoms with van der Waals surface area (Å²) in [6.45, 7) is 10.3. The Kier molecular flexibility index (Phi) is 9.04. The van der Waals surface area contributed by atoms with Crippen LogP contribution in [0.1, 0.15) is 32.3 Å². The van der Waals surface area contributed by atoms with E-state index < -0.39 is 0 Å². The van der Waals surface area contributed by atoms with Gasteiger partial charge in [0.05, 0.1) is 5.56 Å². The van der Waals surface area contributed by atoms with Gasteiger partial charge in [-0.1, -0.05) is 62.9 Å². The van der Waals surface area contributed by atoms with E-state index in [4.69, 9.17) is 15.7 Å². The van der Waals surface area contributed by atoms with Crippen LogP contribution in [0.25, 0.3) is 39.4 Å². The van der Waals surface area contributed by atoms with Crippen LogP contribution in [0.4, 0.5) is 5.82 Å². The lowest BCUT2D eigenvalue weighted by Gasteiger charge is -2.32. The van der Waals surface area contributed by atoms with Crippen LogP contribution in [0.3, 0.4) is 0 Å². The van der Waals surface area contributed by atoms with Crippen LogP contribution in [-0.4, -0.2) is 49.5 Å². The third-order valence-corrected chi connectivity index (χ3v) is 7.40. The van der Waals surface area contributed by atoms with Crippen LogP contribution in [-0.2, 0) is 11.3 Å². The summed E-state index contributed by atoms with van der Waals surface area (Å²) in [4.78, 5) is 28.2. The lowest BCUT2D eigenvalue weighted by molar-refractivity contribution is -0.117. The van der Waals surface area contributed by atoms with Crippen molar-refractivity contribution in [3.63, 3.8) is 0 Å². The second kappa shape index (κ2) is 13.2. The molecule has 0 atom stereocenters. The van der Waals surface area contributed by atoms with Crippen molar-refractivity contribution in [3.8, 4) is 28.2 Å². The van der Waals surface area contributed by atoms with E-state index in [0.717, 1.165) is 66.0 Å². The predicted octanol–water partition coefficient (Wildman–Crippen LogP) is 6.02. The van der Waals surface area contributed by atoms with Crippen molar-refractivity contribution in [2.75, 3.05) is 18.8 Å². The van der Waals surface area contributed by atoms with Gasteiger partial charge in [0.1, 0.15) is 11.3 Å². The fourth-order valence-electron chi connectivity index (χ4n) is 5.29. The first-order valence-electron chi connectivity index (χ1n) is 14.5. The van der Waals surface area contributed by atoms with Gasteiger partial charge in [-0.3, -0.25) is 14.3 Å². The molecule has 42 heavy (non-hydrogen) atoms. The summed E-state index contributed by atoms with van der Waals surface area (Å²) in [5.41, 5.74) is 12.9. The Bertz CT molecular complexity index is 1650. The van der Waals surface area contributed by atoms with Gasteiger partial charge in [-0.15, -0.1) is 0 Å². The number of anilines is 1. The first kappa shape index (κ1) is 28.7. The lowest BCUT2D eigenvalue weighted by atomic mass is 10.0. The standard InChI is InChI=1S/C32H31N7O.C2H6/c1-2-29(40)36-25-14-17-38(18-15-25)21-22-10-12-26(13-11-22)39-31(27-9-6-16-34-30(27)33)37-28-19-24(20-35-32(28)39)23-7-4-3-5-8-23;1-2/h2-13,16,19-20,25H,1,14-15,17-18,21H2,(H2,33,34)(H,36,40);1-2H3. The molecule has 8 heteroatoms. The van der Waals surface area contributed by atoms with Gasteiger partial charge >= 0.3 is 0 Å². The number of carbonyl (C=O) groups is 1. The molecule has 5 aromatic rings. The summed E-state index contributed by atoms with van der Waals surface area (Å²) < 4.78 is 2.05. The van der Waals surface area contributed by atoms with E-state index in [1.165, 1.54) is 11.6 Å². The fraction of sp³-hybridized carbons (Fsp3) is 0.235. The van der Waals surface area contributed by atoms with Crippen LogP contribution >= 0.6 is 0 Å². The molecule has 0 saturated carbocycles. The SMILES string of the molecule is C=CC(=O)NC1CCN(Cc2ccc(-n3c(-c4cccnc4N)nc4cc(-c5ccccc5)cnc43)cc2)CC1.CC. The Morgan fingerprint density at radius 3 is 2.43 bits per heavy atom. The van der Waals surface area contributed by atoms with E-state index in [1.54, 1.807) is 6.20 Å². The van der Waals surface area contributed by atoms with Crippen molar-refractivity contribution in [2.24, 2.45) is 0 Å². The van der Waals surface area contributed by atoms with Gasteiger partial charge in [0, 0.05) is 49.3 Å². The molecule has 214 valence electrons. The highest BCUT2D eigenvalue weighted by Crippen LogP contribution is 2.32. The van der Waals surface area contributed by atoms with Gasteiger partial charge in [0.2, 0.25) is 5.91 Å². The molecule has 8 nitrogen and oxygen atoms in total. The molecule has 0 unspecified atom stereocenters. The zero-order valence-corrected chi connectivity index (χ0v) is 24.2. The third-order valence-electron chi connectivity index (χ3n) is 7.40. The average Bonchev–Trinajstić information content (AvgIpc) is 3.42. The molecule has 1 fully saturated rings. The minimum atomic E-state index is -0.0979. The second-order valence-electron chi connectivity index (χ2n) is 10.1. The number of pyridine rings is 2. The van der Waals surface area contributed by atoms with Crippen LogP contribution in [0.2, 0.25) is 0 Å². The van der Waals surface area contributed by atoms with E-state index in [2.05, 4.69) is 68.8 Å². The number of benzene rings is 2. The molecule has 0 spiro atoms. The van der Waals surface area contributed by atoms with Crippen molar-refractivity contribution in [2.45, 2.75) is 39.3 Å². The number of hydrogen-bond donors (Lipinski definition) is 2. The van der Waals surface area contributed by atoms with Crippen LogP contribution in [0, 0.1) is 0 Å². The molecule has 1 aliphatic rings. The van der Waals surface area contributed by atoms with E-state index >= 15 is 0 Å². The number of fused-ring (bicyclic) bond motifs is 1. The smallest absolute Gasteiger partial charge is 0.243 e. The maximum atomic E-state index is 11.6. The average molecular weight is 560 g/mol. The van der Waals surface area contributed by atoms with E-state index in [1.807, 2.05) is 50.4 Å². The number of hydrogen-bond acceptors (Lipinski definition) is 6. The Balaban J connectivity index is 0.00000173. The van der Waals surface area contributed by atoms with Gasteiger partial charge in [0.15, 0.2) is 11.5 Å². The number of imidazole rings is 1. The van der Waals surface area contributed by atoms with Gasteiger partial charge in [-0.25, -0.2) is 15.0 Å². The summed E-state index contributed by atoms with van der Waals surface area (Å²) >= 11 is 0. The maximum Gasteiger partial charge on any atom is 0.243 e. The monoisotopic (exact) mass is 559 g/mol. The number of amides is 1. The lowest BCUT2D eigenvalue weighted by Crippen LogP contribution is -2.43. The number of nitrogens with one attached hydrogen (secondary N) is 1. The summed E-state index contributed by atoms with van der Waals surface area (Å²) in [5, 5.41) is 3.01. The Morgan fingerprint density at radius 1 is 1.00 bits per heavy atom. The first-order valence-corrected chi connectivity index (χ1v) is 14.5. The van der Waals surface area contributed by atoms with E-state index in [9.17, 15) is 4.79 Å². The van der Waals surface area contributed by atoms with Gasteiger partial charge in [-0.2, -0.15) is 0 Å². The zero-order valence-electron chi connectivity index (χ0n) is 24.2. The molecule has 4 heterocycles. The summed E-state index contributed by atoms with van der Waals surface area (Å²) in [5.74, 6) is 1.03. The van der Waals surface area contributed by atoms with Crippen molar-refractivity contribution in [3.05, 3.63) is 103 Å². The quantitative estimate of drug-likeness (QED) is 0.236.